The molecule has 1 rings (SSSR count). The van der Waals surface area contributed by atoms with Crippen molar-refractivity contribution in [2.24, 2.45) is 0 Å². The van der Waals surface area contributed by atoms with Crippen LogP contribution < -0.4 is 4.74 Å². The molecule has 0 bridgehead atoms. The normalized spacial score (nSPS) is 9.89. The van der Waals surface area contributed by atoms with Crippen molar-refractivity contribution < 1.29 is 14.3 Å². The number of hydrogen-bond acceptors (Lipinski definition) is 3. The van der Waals surface area contributed by atoms with Gasteiger partial charge < -0.3 is 9.47 Å². The average Bonchev–Trinajstić information content (AvgIpc) is 2.35. The number of carbonyl (C=O) groups is 1. The van der Waals surface area contributed by atoms with Crippen molar-refractivity contribution in [1.29, 1.82) is 0 Å². The minimum atomic E-state index is -0.166. The highest BCUT2D eigenvalue weighted by atomic mass is 79.9. The molecule has 0 radical (unpaired) electrons. The smallest absolute Gasteiger partial charge is 0.306 e. The van der Waals surface area contributed by atoms with E-state index in [1.54, 1.807) is 13.0 Å². The van der Waals surface area contributed by atoms with Crippen LogP contribution in [0.2, 0.25) is 0 Å². The van der Waals surface area contributed by atoms with E-state index >= 15 is 0 Å². The Morgan fingerprint density at radius 3 is 2.89 bits per heavy atom. The van der Waals surface area contributed by atoms with Crippen molar-refractivity contribution in [3.8, 4) is 5.75 Å². The summed E-state index contributed by atoms with van der Waals surface area (Å²) < 4.78 is 11.2. The van der Waals surface area contributed by atoms with Gasteiger partial charge in [0.2, 0.25) is 0 Å². The van der Waals surface area contributed by atoms with Gasteiger partial charge >= 0.3 is 5.97 Å². The SMILES string of the molecule is C=CCOc1ccc(CCC(=O)OCC)cc1Br. The molecule has 1 aromatic rings. The van der Waals surface area contributed by atoms with E-state index in [0.717, 1.165) is 15.8 Å². The van der Waals surface area contributed by atoms with Gasteiger partial charge in [-0.15, -0.1) is 0 Å². The van der Waals surface area contributed by atoms with Crippen molar-refractivity contribution in [3.05, 3.63) is 40.9 Å². The van der Waals surface area contributed by atoms with Crippen LogP contribution in [0, 0.1) is 0 Å². The number of esters is 1. The van der Waals surface area contributed by atoms with Crippen LogP contribution in [0.5, 0.6) is 5.75 Å². The predicted molar refractivity (Wildman–Crippen MR) is 74.8 cm³/mol. The van der Waals surface area contributed by atoms with Gasteiger partial charge in [-0.3, -0.25) is 4.79 Å². The second-order valence-corrected chi connectivity index (χ2v) is 4.52. The quantitative estimate of drug-likeness (QED) is 0.571. The molecule has 0 atom stereocenters. The van der Waals surface area contributed by atoms with Crippen LogP contribution in [0.15, 0.2) is 35.3 Å². The summed E-state index contributed by atoms with van der Waals surface area (Å²) in [5.74, 6) is 0.607. The lowest BCUT2D eigenvalue weighted by molar-refractivity contribution is -0.143. The third-order valence-corrected chi connectivity index (χ3v) is 2.90. The fraction of sp³-hybridized carbons (Fsp3) is 0.357. The summed E-state index contributed by atoms with van der Waals surface area (Å²) in [6.07, 6.45) is 2.76. The maximum atomic E-state index is 11.2. The van der Waals surface area contributed by atoms with Gasteiger partial charge in [0.05, 0.1) is 11.1 Å². The van der Waals surface area contributed by atoms with Crippen molar-refractivity contribution in [2.45, 2.75) is 19.8 Å². The molecule has 0 aromatic heterocycles. The van der Waals surface area contributed by atoms with E-state index < -0.39 is 0 Å². The van der Waals surface area contributed by atoms with E-state index in [9.17, 15) is 4.79 Å². The molecule has 0 aliphatic heterocycles. The number of aryl methyl sites for hydroxylation is 1. The molecule has 0 aliphatic rings. The van der Waals surface area contributed by atoms with E-state index in [2.05, 4.69) is 22.5 Å². The largest absolute Gasteiger partial charge is 0.488 e. The van der Waals surface area contributed by atoms with Gasteiger partial charge in [0.25, 0.3) is 0 Å². The molecule has 18 heavy (non-hydrogen) atoms. The molecule has 0 aliphatic carbocycles. The first kappa shape index (κ1) is 14.8. The molecule has 0 fully saturated rings. The maximum Gasteiger partial charge on any atom is 0.306 e. The first-order chi connectivity index (χ1) is 8.67. The second-order valence-electron chi connectivity index (χ2n) is 3.67. The van der Waals surface area contributed by atoms with Gasteiger partial charge in [-0.25, -0.2) is 0 Å². The number of rotatable bonds is 7. The summed E-state index contributed by atoms with van der Waals surface area (Å²) >= 11 is 3.44. The van der Waals surface area contributed by atoms with Crippen LogP contribution in [-0.2, 0) is 16.0 Å². The Hall–Kier alpha value is -1.29. The first-order valence-electron chi connectivity index (χ1n) is 5.85. The standard InChI is InChI=1S/C14H17BrO3/c1-3-9-18-13-7-5-11(10-12(13)15)6-8-14(16)17-4-2/h3,5,7,10H,1,4,6,8-9H2,2H3. The molecule has 0 saturated carbocycles. The fourth-order valence-corrected chi connectivity index (χ4v) is 1.99. The minimum absolute atomic E-state index is 0.166. The Morgan fingerprint density at radius 2 is 2.28 bits per heavy atom. The third kappa shape index (κ3) is 4.92. The molecule has 4 heteroatoms. The Bertz CT molecular complexity index is 416. The topological polar surface area (TPSA) is 35.5 Å². The Balaban J connectivity index is 2.55. The summed E-state index contributed by atoms with van der Waals surface area (Å²) in [5, 5.41) is 0. The predicted octanol–water partition coefficient (Wildman–Crippen LogP) is 3.51. The lowest BCUT2D eigenvalue weighted by atomic mass is 10.1. The zero-order valence-electron chi connectivity index (χ0n) is 10.4. The van der Waals surface area contributed by atoms with Gasteiger partial charge in [-0.2, -0.15) is 0 Å². The van der Waals surface area contributed by atoms with Crippen LogP contribution >= 0.6 is 15.9 Å². The summed E-state index contributed by atoms with van der Waals surface area (Å²) in [4.78, 5) is 11.2. The van der Waals surface area contributed by atoms with Crippen molar-refractivity contribution in [2.75, 3.05) is 13.2 Å². The van der Waals surface area contributed by atoms with E-state index in [4.69, 9.17) is 9.47 Å². The summed E-state index contributed by atoms with van der Waals surface area (Å²) in [5.41, 5.74) is 1.07. The Kier molecular flexibility index (Phi) is 6.50. The molecule has 0 saturated heterocycles. The van der Waals surface area contributed by atoms with Crippen molar-refractivity contribution in [3.63, 3.8) is 0 Å². The number of ether oxygens (including phenoxy) is 2. The van der Waals surface area contributed by atoms with Crippen molar-refractivity contribution in [1.82, 2.24) is 0 Å². The summed E-state index contributed by atoms with van der Waals surface area (Å²) in [6.45, 7) is 6.30. The zero-order valence-corrected chi connectivity index (χ0v) is 12.0. The maximum absolute atomic E-state index is 11.2. The molecule has 3 nitrogen and oxygen atoms in total. The fourth-order valence-electron chi connectivity index (χ4n) is 1.45. The highest BCUT2D eigenvalue weighted by Gasteiger charge is 2.05. The van der Waals surface area contributed by atoms with Crippen LogP contribution in [-0.4, -0.2) is 19.2 Å². The molecular weight excluding hydrogens is 296 g/mol. The van der Waals surface area contributed by atoms with Crippen molar-refractivity contribution >= 4 is 21.9 Å². The Labute approximate surface area is 116 Å². The molecule has 98 valence electrons. The third-order valence-electron chi connectivity index (χ3n) is 2.28. The van der Waals surface area contributed by atoms with Crippen LogP contribution in [0.4, 0.5) is 0 Å². The highest BCUT2D eigenvalue weighted by molar-refractivity contribution is 9.10. The van der Waals surface area contributed by atoms with Gasteiger partial charge in [0.15, 0.2) is 0 Å². The molecule has 0 N–H and O–H groups in total. The molecule has 0 unspecified atom stereocenters. The average molecular weight is 313 g/mol. The van der Waals surface area contributed by atoms with E-state index in [-0.39, 0.29) is 5.97 Å². The molecular formula is C14H17BrO3. The van der Waals surface area contributed by atoms with Gasteiger partial charge in [-0.05, 0) is 47.0 Å². The lowest BCUT2D eigenvalue weighted by Gasteiger charge is -2.08. The molecule has 0 heterocycles. The molecule has 1 aromatic carbocycles. The summed E-state index contributed by atoms with van der Waals surface area (Å²) in [7, 11) is 0. The number of carbonyl (C=O) groups excluding carboxylic acids is 1. The van der Waals surface area contributed by atoms with Gasteiger partial charge in [0, 0.05) is 6.42 Å². The molecule has 0 amide bonds. The Morgan fingerprint density at radius 1 is 1.50 bits per heavy atom. The first-order valence-corrected chi connectivity index (χ1v) is 6.64. The number of hydrogen-bond donors (Lipinski definition) is 0. The lowest BCUT2D eigenvalue weighted by Crippen LogP contribution is -2.05. The monoisotopic (exact) mass is 312 g/mol. The zero-order chi connectivity index (χ0) is 13.4. The number of halogens is 1. The number of benzene rings is 1. The van der Waals surface area contributed by atoms with Crippen LogP contribution in [0.1, 0.15) is 18.9 Å². The van der Waals surface area contributed by atoms with Gasteiger partial charge in [-0.1, -0.05) is 18.7 Å². The van der Waals surface area contributed by atoms with Crippen LogP contribution in [0.25, 0.3) is 0 Å². The van der Waals surface area contributed by atoms with E-state index in [1.807, 2.05) is 18.2 Å². The van der Waals surface area contributed by atoms with Gasteiger partial charge in [0.1, 0.15) is 12.4 Å². The second kappa shape index (κ2) is 7.93. The highest BCUT2D eigenvalue weighted by Crippen LogP contribution is 2.26. The van der Waals surface area contributed by atoms with Crippen LogP contribution in [0.3, 0.4) is 0 Å². The summed E-state index contributed by atoms with van der Waals surface area (Å²) in [6, 6.07) is 5.79. The molecule has 0 spiro atoms. The minimum Gasteiger partial charge on any atom is -0.488 e. The van der Waals surface area contributed by atoms with E-state index in [0.29, 0.717) is 26.1 Å². The van der Waals surface area contributed by atoms with E-state index in [1.165, 1.54) is 0 Å².